The molecule has 2 fully saturated rings. The summed E-state index contributed by atoms with van der Waals surface area (Å²) < 4.78 is 0. The third-order valence-corrected chi connectivity index (χ3v) is 5.94. The van der Waals surface area contributed by atoms with Gasteiger partial charge in [-0.3, -0.25) is 4.79 Å². The average molecular weight is 369 g/mol. The number of carbonyl (C=O) groups is 1. The highest BCUT2D eigenvalue weighted by molar-refractivity contribution is 7.99. The van der Waals surface area contributed by atoms with Gasteiger partial charge in [0.2, 0.25) is 0 Å². The SMILES string of the molecule is O=C(c1ccc(N2CCN[C@H](c3ccccc3)C2)nc1)N1CCSCC1. The van der Waals surface area contributed by atoms with Gasteiger partial charge < -0.3 is 15.1 Å². The zero-order valence-corrected chi connectivity index (χ0v) is 15.6. The lowest BCUT2D eigenvalue weighted by molar-refractivity contribution is 0.0772. The molecule has 0 unspecified atom stereocenters. The van der Waals surface area contributed by atoms with Gasteiger partial charge in [0, 0.05) is 56.5 Å². The van der Waals surface area contributed by atoms with Gasteiger partial charge in [-0.1, -0.05) is 30.3 Å². The predicted molar refractivity (Wildman–Crippen MR) is 107 cm³/mol. The molecule has 0 saturated carbocycles. The monoisotopic (exact) mass is 368 g/mol. The number of thioether (sulfide) groups is 1. The molecule has 1 aromatic carbocycles. The molecular formula is C20H24N4OS. The zero-order chi connectivity index (χ0) is 17.8. The molecule has 2 aliphatic rings. The number of pyridine rings is 1. The van der Waals surface area contributed by atoms with Crippen molar-refractivity contribution in [1.29, 1.82) is 0 Å². The van der Waals surface area contributed by atoms with Gasteiger partial charge in [0.15, 0.2) is 0 Å². The van der Waals surface area contributed by atoms with E-state index in [4.69, 9.17) is 0 Å². The van der Waals surface area contributed by atoms with Crippen LogP contribution in [0.3, 0.4) is 0 Å². The first kappa shape index (κ1) is 17.4. The minimum absolute atomic E-state index is 0.104. The van der Waals surface area contributed by atoms with Gasteiger partial charge in [-0.15, -0.1) is 0 Å². The van der Waals surface area contributed by atoms with Crippen LogP contribution in [0, 0.1) is 0 Å². The topological polar surface area (TPSA) is 48.5 Å². The highest BCUT2D eigenvalue weighted by atomic mass is 32.2. The van der Waals surface area contributed by atoms with Crippen molar-refractivity contribution < 1.29 is 4.79 Å². The largest absolute Gasteiger partial charge is 0.353 e. The molecule has 4 rings (SSSR count). The van der Waals surface area contributed by atoms with E-state index in [1.165, 1.54) is 5.56 Å². The molecule has 26 heavy (non-hydrogen) atoms. The highest BCUT2D eigenvalue weighted by Crippen LogP contribution is 2.21. The number of amides is 1. The minimum Gasteiger partial charge on any atom is -0.353 e. The smallest absolute Gasteiger partial charge is 0.255 e. The molecule has 0 spiro atoms. The van der Waals surface area contributed by atoms with Gasteiger partial charge in [0.05, 0.1) is 5.56 Å². The highest BCUT2D eigenvalue weighted by Gasteiger charge is 2.23. The van der Waals surface area contributed by atoms with Gasteiger partial charge >= 0.3 is 0 Å². The van der Waals surface area contributed by atoms with Crippen molar-refractivity contribution in [3.05, 3.63) is 59.8 Å². The summed E-state index contributed by atoms with van der Waals surface area (Å²) in [5.41, 5.74) is 1.99. The Kier molecular flexibility index (Phi) is 5.41. The molecule has 2 aliphatic heterocycles. The standard InChI is InChI=1S/C20H24N4OS/c25-20(23-10-12-26-13-11-23)17-6-7-19(22-14-17)24-9-8-21-18(15-24)16-4-2-1-3-5-16/h1-7,14,18,21H,8-13,15H2/t18-/m0/s1. The lowest BCUT2D eigenvalue weighted by atomic mass is 10.0. The Balaban J connectivity index is 1.43. The van der Waals surface area contributed by atoms with Crippen molar-refractivity contribution in [2.45, 2.75) is 6.04 Å². The van der Waals surface area contributed by atoms with Crippen LogP contribution in [0.4, 0.5) is 5.82 Å². The summed E-state index contributed by atoms with van der Waals surface area (Å²) in [6.45, 7) is 4.40. The summed E-state index contributed by atoms with van der Waals surface area (Å²) in [5, 5.41) is 3.58. The van der Waals surface area contributed by atoms with E-state index in [9.17, 15) is 4.79 Å². The van der Waals surface area contributed by atoms with Crippen LogP contribution in [0.5, 0.6) is 0 Å². The van der Waals surface area contributed by atoms with E-state index < -0.39 is 0 Å². The Morgan fingerprint density at radius 1 is 1.08 bits per heavy atom. The molecule has 1 aromatic heterocycles. The third-order valence-electron chi connectivity index (χ3n) is 4.99. The summed E-state index contributed by atoms with van der Waals surface area (Å²) >= 11 is 1.91. The summed E-state index contributed by atoms with van der Waals surface area (Å²) in [7, 11) is 0. The maximum atomic E-state index is 12.6. The van der Waals surface area contributed by atoms with Crippen LogP contribution in [-0.4, -0.2) is 60.0 Å². The van der Waals surface area contributed by atoms with E-state index in [-0.39, 0.29) is 5.91 Å². The van der Waals surface area contributed by atoms with Gasteiger partial charge in [0.25, 0.3) is 5.91 Å². The molecule has 0 aliphatic carbocycles. The molecule has 1 N–H and O–H groups in total. The molecular weight excluding hydrogens is 344 g/mol. The van der Waals surface area contributed by atoms with Crippen LogP contribution < -0.4 is 10.2 Å². The summed E-state index contributed by atoms with van der Waals surface area (Å²) in [5.74, 6) is 3.10. The van der Waals surface area contributed by atoms with E-state index in [0.29, 0.717) is 11.6 Å². The Morgan fingerprint density at radius 3 is 2.62 bits per heavy atom. The molecule has 6 heteroatoms. The second kappa shape index (κ2) is 8.10. The Hall–Kier alpha value is -2.05. The van der Waals surface area contributed by atoms with Gasteiger partial charge in [0.1, 0.15) is 5.82 Å². The van der Waals surface area contributed by atoms with Crippen molar-refractivity contribution in [3.8, 4) is 0 Å². The fourth-order valence-corrected chi connectivity index (χ4v) is 4.42. The second-order valence-electron chi connectivity index (χ2n) is 6.67. The lowest BCUT2D eigenvalue weighted by Crippen LogP contribution is -2.46. The third kappa shape index (κ3) is 3.86. The minimum atomic E-state index is 0.104. The van der Waals surface area contributed by atoms with Crippen LogP contribution >= 0.6 is 11.8 Å². The zero-order valence-electron chi connectivity index (χ0n) is 14.8. The molecule has 1 amide bonds. The molecule has 1 atom stereocenters. The molecule has 136 valence electrons. The van der Waals surface area contributed by atoms with E-state index in [1.54, 1.807) is 6.20 Å². The van der Waals surface area contributed by atoms with Crippen LogP contribution in [-0.2, 0) is 0 Å². The molecule has 0 bridgehead atoms. The van der Waals surface area contributed by atoms with Crippen LogP contribution in [0.2, 0.25) is 0 Å². The Labute approximate surface area is 158 Å². The fraction of sp³-hybridized carbons (Fsp3) is 0.400. The number of benzene rings is 1. The second-order valence-corrected chi connectivity index (χ2v) is 7.90. The normalized spacial score (nSPS) is 20.8. The van der Waals surface area contributed by atoms with Gasteiger partial charge in [-0.2, -0.15) is 11.8 Å². The first-order chi connectivity index (χ1) is 12.8. The number of anilines is 1. The number of piperazine rings is 1. The number of rotatable bonds is 3. The van der Waals surface area contributed by atoms with E-state index in [2.05, 4.69) is 39.5 Å². The van der Waals surface area contributed by atoms with Crippen molar-refractivity contribution in [1.82, 2.24) is 15.2 Å². The van der Waals surface area contributed by atoms with Gasteiger partial charge in [-0.25, -0.2) is 4.98 Å². The summed E-state index contributed by atoms with van der Waals surface area (Å²) in [6.07, 6.45) is 1.74. The summed E-state index contributed by atoms with van der Waals surface area (Å²) in [4.78, 5) is 21.4. The van der Waals surface area contributed by atoms with Crippen molar-refractivity contribution >= 4 is 23.5 Å². The maximum Gasteiger partial charge on any atom is 0.255 e. The number of nitrogens with zero attached hydrogens (tertiary/aromatic N) is 3. The fourth-order valence-electron chi connectivity index (χ4n) is 3.52. The van der Waals surface area contributed by atoms with Crippen molar-refractivity contribution in [2.24, 2.45) is 0 Å². The molecule has 5 nitrogen and oxygen atoms in total. The van der Waals surface area contributed by atoms with Crippen molar-refractivity contribution in [3.63, 3.8) is 0 Å². The Bertz CT molecular complexity index is 731. The van der Waals surface area contributed by atoms with Crippen LogP contribution in [0.1, 0.15) is 22.0 Å². The van der Waals surface area contributed by atoms with E-state index >= 15 is 0 Å². The van der Waals surface area contributed by atoms with Gasteiger partial charge in [-0.05, 0) is 17.7 Å². The maximum absolute atomic E-state index is 12.6. The quantitative estimate of drug-likeness (QED) is 0.902. The van der Waals surface area contributed by atoms with E-state index in [1.807, 2.05) is 34.9 Å². The Morgan fingerprint density at radius 2 is 1.88 bits per heavy atom. The molecule has 3 heterocycles. The molecule has 0 radical (unpaired) electrons. The number of hydrogen-bond donors (Lipinski definition) is 1. The average Bonchev–Trinajstić information content (AvgIpc) is 2.75. The molecule has 2 saturated heterocycles. The van der Waals surface area contributed by atoms with Crippen LogP contribution in [0.25, 0.3) is 0 Å². The van der Waals surface area contributed by atoms with Crippen molar-refractivity contribution in [2.75, 3.05) is 49.1 Å². The van der Waals surface area contributed by atoms with E-state index in [0.717, 1.165) is 50.0 Å². The molecule has 2 aromatic rings. The first-order valence-electron chi connectivity index (χ1n) is 9.17. The predicted octanol–water partition coefficient (Wildman–Crippen LogP) is 2.42. The number of nitrogens with one attached hydrogen (secondary N) is 1. The number of aromatic nitrogens is 1. The number of hydrogen-bond acceptors (Lipinski definition) is 5. The van der Waals surface area contributed by atoms with Crippen LogP contribution in [0.15, 0.2) is 48.7 Å². The first-order valence-corrected chi connectivity index (χ1v) is 10.3. The number of carbonyl (C=O) groups excluding carboxylic acids is 1. The lowest BCUT2D eigenvalue weighted by Gasteiger charge is -2.35. The summed E-state index contributed by atoms with van der Waals surface area (Å²) in [6, 6.07) is 14.7.